The number of aliphatic imine (C=N–C) groups is 1. The quantitative estimate of drug-likeness (QED) is 0.338. The summed E-state index contributed by atoms with van der Waals surface area (Å²) in [6.07, 6.45) is 2.84. The number of hydrogen-bond acceptors (Lipinski definition) is 5. The number of hydrogen-bond donors (Lipinski definition) is 2. The molecule has 2 fully saturated rings. The summed E-state index contributed by atoms with van der Waals surface area (Å²) in [5, 5.41) is 7.71. The maximum absolute atomic E-state index is 6.28. The van der Waals surface area contributed by atoms with Gasteiger partial charge in [0.05, 0.1) is 5.02 Å². The van der Waals surface area contributed by atoms with Gasteiger partial charge in [0.2, 0.25) is 0 Å². The van der Waals surface area contributed by atoms with Crippen molar-refractivity contribution in [3.8, 4) is 0 Å². The molecule has 158 valence electrons. The van der Waals surface area contributed by atoms with E-state index in [-0.39, 0.29) is 24.0 Å². The molecule has 0 aromatic carbocycles. The Morgan fingerprint density at radius 2 is 2.00 bits per heavy atom. The summed E-state index contributed by atoms with van der Waals surface area (Å²) < 4.78 is 0. The molecule has 1 atom stereocenters. The van der Waals surface area contributed by atoms with Crippen molar-refractivity contribution < 1.29 is 0 Å². The van der Waals surface area contributed by atoms with Crippen LogP contribution in [0.1, 0.15) is 13.3 Å². The number of likely N-dealkylation sites (N-methyl/N-ethyl adjacent to an activating group) is 1. The average Bonchev–Trinajstić information content (AvgIpc) is 3.16. The number of pyridine rings is 1. The van der Waals surface area contributed by atoms with Crippen LogP contribution in [0.2, 0.25) is 5.02 Å². The van der Waals surface area contributed by atoms with Gasteiger partial charge in [-0.25, -0.2) is 4.98 Å². The number of rotatable bonds is 6. The van der Waals surface area contributed by atoms with Crippen LogP contribution < -0.4 is 15.5 Å². The highest BCUT2D eigenvalue weighted by Gasteiger charge is 2.25. The molecule has 2 N–H and O–H groups in total. The van der Waals surface area contributed by atoms with E-state index in [4.69, 9.17) is 11.6 Å². The van der Waals surface area contributed by atoms with Crippen LogP contribution in [-0.2, 0) is 0 Å². The summed E-state index contributed by atoms with van der Waals surface area (Å²) in [4.78, 5) is 16.1. The molecule has 9 heteroatoms. The lowest BCUT2D eigenvalue weighted by atomic mass is 10.3. The standard InChI is InChI=1S/C19H32ClN7.HI/c1-3-25-11-13-26(14-12-25)10-8-23-19(21-2)24-16-6-9-27(15-16)18-17(20)5-4-7-22-18;/h4-5,7,16H,3,6,8-15H2,1-2H3,(H2,21,23,24);1H. The normalized spacial score (nSPS) is 21.5. The van der Waals surface area contributed by atoms with Gasteiger partial charge in [0, 0.05) is 71.6 Å². The maximum atomic E-state index is 6.28. The first-order valence-corrected chi connectivity index (χ1v) is 10.3. The van der Waals surface area contributed by atoms with Crippen LogP contribution in [0.4, 0.5) is 5.82 Å². The molecular formula is C19H33ClIN7. The third-order valence-electron chi connectivity index (χ3n) is 5.42. The SMILES string of the molecule is CCN1CCN(CCNC(=NC)NC2CCN(c3ncccc3Cl)C2)CC1.I. The zero-order valence-electron chi connectivity index (χ0n) is 16.9. The fourth-order valence-electron chi connectivity index (χ4n) is 3.73. The molecule has 0 radical (unpaired) electrons. The zero-order chi connectivity index (χ0) is 19.1. The Labute approximate surface area is 190 Å². The summed E-state index contributed by atoms with van der Waals surface area (Å²) >= 11 is 6.28. The number of nitrogens with one attached hydrogen (secondary N) is 2. The molecule has 7 nitrogen and oxygen atoms in total. The lowest BCUT2D eigenvalue weighted by Gasteiger charge is -2.34. The van der Waals surface area contributed by atoms with Crippen LogP contribution in [0.25, 0.3) is 0 Å². The lowest BCUT2D eigenvalue weighted by molar-refractivity contribution is 0.139. The second kappa shape index (κ2) is 12.0. The molecule has 1 unspecified atom stereocenters. The van der Waals surface area contributed by atoms with Crippen LogP contribution in [0.5, 0.6) is 0 Å². The van der Waals surface area contributed by atoms with Crippen molar-refractivity contribution >= 4 is 47.4 Å². The first kappa shape index (κ1) is 23.4. The van der Waals surface area contributed by atoms with E-state index >= 15 is 0 Å². The van der Waals surface area contributed by atoms with E-state index in [0.29, 0.717) is 11.1 Å². The Bertz CT molecular complexity index is 622. The van der Waals surface area contributed by atoms with E-state index in [9.17, 15) is 0 Å². The first-order valence-electron chi connectivity index (χ1n) is 9.97. The Hall–Kier alpha value is -0.840. The van der Waals surface area contributed by atoms with Crippen molar-refractivity contribution in [3.05, 3.63) is 23.4 Å². The van der Waals surface area contributed by atoms with Gasteiger partial charge >= 0.3 is 0 Å². The minimum Gasteiger partial charge on any atom is -0.355 e. The summed E-state index contributed by atoms with van der Waals surface area (Å²) in [6.45, 7) is 11.9. The number of guanidine groups is 1. The summed E-state index contributed by atoms with van der Waals surface area (Å²) in [6, 6.07) is 4.11. The number of halogens is 2. The largest absolute Gasteiger partial charge is 0.355 e. The average molecular weight is 522 g/mol. The fraction of sp³-hybridized carbons (Fsp3) is 0.684. The number of aromatic nitrogens is 1. The molecule has 2 aliphatic heterocycles. The molecule has 0 spiro atoms. The van der Waals surface area contributed by atoms with Crippen molar-refractivity contribution in [2.45, 2.75) is 19.4 Å². The highest BCUT2D eigenvalue weighted by atomic mass is 127. The Kier molecular flexibility index (Phi) is 10.0. The van der Waals surface area contributed by atoms with Crippen LogP contribution in [0, 0.1) is 0 Å². The van der Waals surface area contributed by atoms with Gasteiger partial charge in [-0.1, -0.05) is 18.5 Å². The van der Waals surface area contributed by atoms with Gasteiger partial charge in [-0.2, -0.15) is 0 Å². The summed E-state index contributed by atoms with van der Waals surface area (Å²) in [7, 11) is 1.83. The molecule has 0 saturated carbocycles. The zero-order valence-corrected chi connectivity index (χ0v) is 20.0. The molecule has 28 heavy (non-hydrogen) atoms. The number of piperazine rings is 1. The van der Waals surface area contributed by atoms with Crippen molar-refractivity contribution in [1.29, 1.82) is 0 Å². The molecule has 1 aromatic rings. The van der Waals surface area contributed by atoms with Gasteiger partial charge in [-0.15, -0.1) is 24.0 Å². The topological polar surface area (TPSA) is 59.0 Å². The third kappa shape index (κ3) is 6.60. The molecule has 3 heterocycles. The van der Waals surface area contributed by atoms with E-state index in [0.717, 1.165) is 64.0 Å². The molecule has 0 aliphatic carbocycles. The van der Waals surface area contributed by atoms with E-state index in [1.54, 1.807) is 6.20 Å². The van der Waals surface area contributed by atoms with Crippen LogP contribution in [0.3, 0.4) is 0 Å². The summed E-state index contributed by atoms with van der Waals surface area (Å²) in [5.74, 6) is 1.75. The highest BCUT2D eigenvalue weighted by molar-refractivity contribution is 14.0. The molecule has 0 amide bonds. The lowest BCUT2D eigenvalue weighted by Crippen LogP contribution is -2.50. The minimum absolute atomic E-state index is 0. The van der Waals surface area contributed by atoms with Crippen LogP contribution in [-0.4, -0.2) is 92.7 Å². The number of nitrogens with zero attached hydrogens (tertiary/aromatic N) is 5. The third-order valence-corrected chi connectivity index (χ3v) is 5.72. The van der Waals surface area contributed by atoms with E-state index in [1.165, 1.54) is 13.1 Å². The smallest absolute Gasteiger partial charge is 0.191 e. The highest BCUT2D eigenvalue weighted by Crippen LogP contribution is 2.25. The van der Waals surface area contributed by atoms with Crippen LogP contribution in [0.15, 0.2) is 23.3 Å². The van der Waals surface area contributed by atoms with Gasteiger partial charge in [0.1, 0.15) is 5.82 Å². The molecule has 2 aliphatic rings. The molecule has 2 saturated heterocycles. The van der Waals surface area contributed by atoms with E-state index in [1.807, 2.05) is 19.2 Å². The maximum Gasteiger partial charge on any atom is 0.191 e. The predicted octanol–water partition coefficient (Wildman–Crippen LogP) is 1.73. The van der Waals surface area contributed by atoms with Gasteiger partial charge in [-0.05, 0) is 25.1 Å². The van der Waals surface area contributed by atoms with E-state index < -0.39 is 0 Å². The van der Waals surface area contributed by atoms with Gasteiger partial charge in [0.15, 0.2) is 5.96 Å². The van der Waals surface area contributed by atoms with Crippen molar-refractivity contribution in [2.24, 2.45) is 4.99 Å². The first-order chi connectivity index (χ1) is 13.2. The monoisotopic (exact) mass is 521 g/mol. The summed E-state index contributed by atoms with van der Waals surface area (Å²) in [5.41, 5.74) is 0. The van der Waals surface area contributed by atoms with Crippen molar-refractivity contribution in [2.75, 3.05) is 70.9 Å². The van der Waals surface area contributed by atoms with Crippen LogP contribution >= 0.6 is 35.6 Å². The number of anilines is 1. The van der Waals surface area contributed by atoms with Gasteiger partial charge < -0.3 is 20.4 Å². The van der Waals surface area contributed by atoms with E-state index in [2.05, 4.69) is 42.2 Å². The second-order valence-corrected chi connectivity index (χ2v) is 7.57. The van der Waals surface area contributed by atoms with Gasteiger partial charge in [-0.3, -0.25) is 9.89 Å². The fourth-order valence-corrected chi connectivity index (χ4v) is 3.97. The van der Waals surface area contributed by atoms with Crippen molar-refractivity contribution in [3.63, 3.8) is 0 Å². The second-order valence-electron chi connectivity index (χ2n) is 7.16. The molecule has 1 aromatic heterocycles. The molecule has 0 bridgehead atoms. The molecule has 3 rings (SSSR count). The predicted molar refractivity (Wildman–Crippen MR) is 128 cm³/mol. The Morgan fingerprint density at radius 1 is 1.25 bits per heavy atom. The van der Waals surface area contributed by atoms with Crippen molar-refractivity contribution in [1.82, 2.24) is 25.4 Å². The molecular weight excluding hydrogens is 489 g/mol. The Morgan fingerprint density at radius 3 is 2.68 bits per heavy atom. The Balaban J connectivity index is 0.00000280. The minimum atomic E-state index is 0. The van der Waals surface area contributed by atoms with Gasteiger partial charge in [0.25, 0.3) is 0 Å².